The van der Waals surface area contributed by atoms with Crippen molar-refractivity contribution in [2.45, 2.75) is 13.5 Å². The Morgan fingerprint density at radius 2 is 2.14 bits per heavy atom. The van der Waals surface area contributed by atoms with Gasteiger partial charge in [0.1, 0.15) is 24.8 Å². The van der Waals surface area contributed by atoms with Gasteiger partial charge >= 0.3 is 0 Å². The second-order valence-corrected chi connectivity index (χ2v) is 5.63. The maximum Gasteiger partial charge on any atom is 0.216 e. The van der Waals surface area contributed by atoms with E-state index in [1.54, 1.807) is 18.4 Å². The number of hydrogen-bond acceptors (Lipinski definition) is 5. The van der Waals surface area contributed by atoms with Gasteiger partial charge in [-0.2, -0.15) is 0 Å². The van der Waals surface area contributed by atoms with E-state index in [0.29, 0.717) is 36.5 Å². The molecule has 0 unspecified atom stereocenters. The van der Waals surface area contributed by atoms with Gasteiger partial charge in [-0.25, -0.2) is 18.8 Å². The molecule has 2 heterocycles. The fourth-order valence-electron chi connectivity index (χ4n) is 2.30. The van der Waals surface area contributed by atoms with Crippen molar-refractivity contribution in [1.82, 2.24) is 25.8 Å². The summed E-state index contributed by atoms with van der Waals surface area (Å²) in [5.74, 6) is 0.766. The molecule has 0 amide bonds. The molecule has 2 aromatic heterocycles. The van der Waals surface area contributed by atoms with Crippen LogP contribution in [0.25, 0.3) is 11.6 Å². The van der Waals surface area contributed by atoms with Crippen molar-refractivity contribution in [1.29, 1.82) is 0 Å². The average Bonchev–Trinajstić information content (AvgIpc) is 3.36. The second kappa shape index (κ2) is 11.3. The fraction of sp³-hybridized carbons (Fsp3) is 0.278. The number of furan rings is 1. The number of hydrogen-bond donors (Lipinski definition) is 3. The van der Waals surface area contributed by atoms with Crippen LogP contribution in [0.3, 0.4) is 0 Å². The third-order valence-corrected chi connectivity index (χ3v) is 3.55. The molecule has 156 valence electrons. The summed E-state index contributed by atoms with van der Waals surface area (Å²) in [4.78, 5) is 8.72. The molecule has 0 aliphatic carbocycles. The largest absolute Gasteiger partial charge is 0.489 e. The van der Waals surface area contributed by atoms with Crippen LogP contribution in [0.15, 0.2) is 46.0 Å². The maximum absolute atomic E-state index is 13.5. The standard InChI is InChI=1S/C18H20F2N6O2.HI/c1-2-21-18(22-7-9-28-14-6-5-12(19)10-13(14)20)23-11-16-24-17(26-25-16)15-4-3-8-27-15;/h3-6,8,10H,2,7,9,11H2,1H3,(H2,21,22,23)(H,24,25,26);1H. The summed E-state index contributed by atoms with van der Waals surface area (Å²) < 4.78 is 37.0. The third kappa shape index (κ3) is 6.69. The summed E-state index contributed by atoms with van der Waals surface area (Å²) in [7, 11) is 0. The summed E-state index contributed by atoms with van der Waals surface area (Å²) in [6.45, 7) is 3.42. The molecule has 11 heteroatoms. The molecule has 3 rings (SSSR count). The number of aromatic nitrogens is 3. The molecule has 1 aromatic carbocycles. The van der Waals surface area contributed by atoms with E-state index >= 15 is 0 Å². The Labute approximate surface area is 183 Å². The van der Waals surface area contributed by atoms with Crippen LogP contribution < -0.4 is 15.4 Å². The molecule has 0 atom stereocenters. The summed E-state index contributed by atoms with van der Waals surface area (Å²) in [5.41, 5.74) is 0. The molecule has 0 spiro atoms. The first-order valence-corrected chi connectivity index (χ1v) is 8.71. The van der Waals surface area contributed by atoms with Crippen LogP contribution in [0.4, 0.5) is 8.78 Å². The van der Waals surface area contributed by atoms with Gasteiger partial charge in [0.25, 0.3) is 0 Å². The van der Waals surface area contributed by atoms with E-state index in [1.807, 2.05) is 6.92 Å². The first kappa shape index (κ1) is 22.6. The summed E-state index contributed by atoms with van der Waals surface area (Å²) in [6.07, 6.45) is 1.55. The van der Waals surface area contributed by atoms with Crippen LogP contribution >= 0.6 is 24.0 Å². The summed E-state index contributed by atoms with van der Waals surface area (Å²) in [6, 6.07) is 6.71. The number of nitrogens with one attached hydrogen (secondary N) is 3. The number of halogens is 3. The fourth-order valence-corrected chi connectivity index (χ4v) is 2.30. The number of aromatic amines is 1. The number of nitrogens with zero attached hydrogens (tertiary/aromatic N) is 3. The molecule has 0 radical (unpaired) electrons. The molecule has 8 nitrogen and oxygen atoms in total. The summed E-state index contributed by atoms with van der Waals surface area (Å²) >= 11 is 0. The van der Waals surface area contributed by atoms with Gasteiger partial charge in [-0.15, -0.1) is 29.1 Å². The lowest BCUT2D eigenvalue weighted by Gasteiger charge is -2.12. The summed E-state index contributed by atoms with van der Waals surface area (Å²) in [5, 5.41) is 13.0. The highest BCUT2D eigenvalue weighted by Gasteiger charge is 2.08. The van der Waals surface area contributed by atoms with Crippen LogP contribution in [-0.2, 0) is 6.54 Å². The zero-order valence-electron chi connectivity index (χ0n) is 15.6. The molecule has 29 heavy (non-hydrogen) atoms. The molecular weight excluding hydrogens is 497 g/mol. The van der Waals surface area contributed by atoms with E-state index in [9.17, 15) is 8.78 Å². The van der Waals surface area contributed by atoms with E-state index in [4.69, 9.17) is 9.15 Å². The van der Waals surface area contributed by atoms with Crippen molar-refractivity contribution in [3.63, 3.8) is 0 Å². The van der Waals surface area contributed by atoms with Crippen LogP contribution in [0.2, 0.25) is 0 Å². The predicted molar refractivity (Wildman–Crippen MR) is 114 cm³/mol. The van der Waals surface area contributed by atoms with Crippen LogP contribution in [0.5, 0.6) is 5.75 Å². The Bertz CT molecular complexity index is 917. The highest BCUT2D eigenvalue weighted by Crippen LogP contribution is 2.17. The van der Waals surface area contributed by atoms with Crippen molar-refractivity contribution in [2.75, 3.05) is 19.7 Å². The minimum absolute atomic E-state index is 0. The number of rotatable bonds is 8. The minimum atomic E-state index is -0.738. The van der Waals surface area contributed by atoms with E-state index in [0.717, 1.165) is 12.1 Å². The molecule has 3 aromatic rings. The van der Waals surface area contributed by atoms with Gasteiger partial charge in [0.15, 0.2) is 23.3 Å². The van der Waals surface area contributed by atoms with Crippen LogP contribution in [0, 0.1) is 11.6 Å². The highest BCUT2D eigenvalue weighted by molar-refractivity contribution is 14.0. The maximum atomic E-state index is 13.5. The van der Waals surface area contributed by atoms with Crippen LogP contribution in [0.1, 0.15) is 12.7 Å². The third-order valence-electron chi connectivity index (χ3n) is 3.55. The molecule has 0 saturated heterocycles. The normalized spacial score (nSPS) is 11.1. The smallest absolute Gasteiger partial charge is 0.216 e. The van der Waals surface area contributed by atoms with Crippen molar-refractivity contribution in [2.24, 2.45) is 4.99 Å². The monoisotopic (exact) mass is 518 g/mol. The molecule has 0 saturated carbocycles. The molecule has 0 bridgehead atoms. The van der Waals surface area contributed by atoms with Crippen molar-refractivity contribution >= 4 is 29.9 Å². The first-order valence-electron chi connectivity index (χ1n) is 8.71. The zero-order valence-corrected chi connectivity index (χ0v) is 17.9. The van der Waals surface area contributed by atoms with Crippen LogP contribution in [-0.4, -0.2) is 40.8 Å². The van der Waals surface area contributed by atoms with Crippen molar-refractivity contribution in [3.05, 3.63) is 54.1 Å². The van der Waals surface area contributed by atoms with Gasteiger partial charge in [-0.1, -0.05) is 0 Å². The van der Waals surface area contributed by atoms with Crippen molar-refractivity contribution < 1.29 is 17.9 Å². The molecule has 3 N–H and O–H groups in total. The average molecular weight is 518 g/mol. The Kier molecular flexibility index (Phi) is 8.83. The number of H-pyrrole nitrogens is 1. The molecular formula is C18H21F2IN6O2. The quantitative estimate of drug-likeness (QED) is 0.184. The predicted octanol–water partition coefficient (Wildman–Crippen LogP) is 3.10. The number of aliphatic imine (C=N–C) groups is 1. The van der Waals surface area contributed by atoms with Gasteiger partial charge in [0.2, 0.25) is 5.82 Å². The van der Waals surface area contributed by atoms with E-state index < -0.39 is 11.6 Å². The van der Waals surface area contributed by atoms with Gasteiger partial charge in [-0.3, -0.25) is 5.10 Å². The number of guanidine groups is 1. The Morgan fingerprint density at radius 1 is 1.28 bits per heavy atom. The Morgan fingerprint density at radius 3 is 2.86 bits per heavy atom. The van der Waals surface area contributed by atoms with Gasteiger partial charge in [0.05, 0.1) is 12.8 Å². The lowest BCUT2D eigenvalue weighted by Crippen LogP contribution is -2.39. The SMILES string of the molecule is CCNC(=NCc1nc(-c2ccco2)n[nH]1)NCCOc1ccc(F)cc1F.I. The molecule has 0 fully saturated rings. The number of benzene rings is 1. The zero-order chi connectivity index (χ0) is 19.8. The van der Waals surface area contributed by atoms with Gasteiger partial charge < -0.3 is 19.8 Å². The lowest BCUT2D eigenvalue weighted by molar-refractivity contribution is 0.304. The van der Waals surface area contributed by atoms with Gasteiger partial charge in [0, 0.05) is 12.6 Å². The number of ether oxygens (including phenoxy) is 1. The van der Waals surface area contributed by atoms with E-state index in [2.05, 4.69) is 30.8 Å². The Hall–Kier alpha value is -2.70. The van der Waals surface area contributed by atoms with E-state index in [1.165, 1.54) is 6.07 Å². The van der Waals surface area contributed by atoms with Gasteiger partial charge in [-0.05, 0) is 31.2 Å². The van der Waals surface area contributed by atoms with E-state index in [-0.39, 0.29) is 42.9 Å². The first-order chi connectivity index (χ1) is 13.7. The second-order valence-electron chi connectivity index (χ2n) is 5.63. The lowest BCUT2D eigenvalue weighted by atomic mass is 10.3. The Balaban J connectivity index is 0.00000300. The highest BCUT2D eigenvalue weighted by atomic mass is 127. The molecule has 0 aliphatic heterocycles. The van der Waals surface area contributed by atoms with Crippen molar-refractivity contribution in [3.8, 4) is 17.3 Å². The topological polar surface area (TPSA) is 100 Å². The minimum Gasteiger partial charge on any atom is -0.489 e. The molecule has 0 aliphatic rings.